The fraction of sp³-hybridized carbons (Fsp3) is 0.538. The van der Waals surface area contributed by atoms with E-state index < -0.39 is 0 Å². The van der Waals surface area contributed by atoms with Crippen molar-refractivity contribution in [1.29, 1.82) is 0 Å². The minimum absolute atomic E-state index is 0.200. The largest absolute Gasteiger partial charge is 0.359 e. The van der Waals surface area contributed by atoms with Gasteiger partial charge in [0.2, 0.25) is 0 Å². The maximum atomic E-state index is 3.75. The van der Waals surface area contributed by atoms with E-state index in [1.54, 1.807) is 5.57 Å². The molecule has 3 aliphatic rings. The summed E-state index contributed by atoms with van der Waals surface area (Å²) in [6, 6.07) is 0. The highest BCUT2D eigenvalue weighted by Gasteiger charge is 2.33. The summed E-state index contributed by atoms with van der Waals surface area (Å²) in [5.41, 5.74) is 6.23. The quantitative estimate of drug-likeness (QED) is 0.555. The zero-order valence-corrected chi connectivity index (χ0v) is 18.1. The first kappa shape index (κ1) is 20.0. The summed E-state index contributed by atoms with van der Waals surface area (Å²) >= 11 is 0. The summed E-state index contributed by atoms with van der Waals surface area (Å²) in [5.74, 6) is 1.17. The molecule has 2 atom stereocenters. The highest BCUT2D eigenvalue weighted by molar-refractivity contribution is 5.35. The van der Waals surface area contributed by atoms with Crippen molar-refractivity contribution in [2.45, 2.75) is 67.2 Å². The fourth-order valence-electron chi connectivity index (χ4n) is 4.42. The standard InChI is InChI=1S/C26H37N/c1-19-17-21(25(2,3)4)15-16-24(19)27-23-14-10-13-22(18-23)26(5,6)20-11-8-7-9-12-20/h7-8,10-11,13-16,21-22,27H,9,12,17-18H2,1-6H3. The molecule has 0 heterocycles. The summed E-state index contributed by atoms with van der Waals surface area (Å²) < 4.78 is 0. The Kier molecular flexibility index (Phi) is 5.70. The van der Waals surface area contributed by atoms with Crippen molar-refractivity contribution < 1.29 is 0 Å². The van der Waals surface area contributed by atoms with Crippen LogP contribution in [0.5, 0.6) is 0 Å². The Morgan fingerprint density at radius 2 is 1.70 bits per heavy atom. The van der Waals surface area contributed by atoms with E-state index in [0.29, 0.717) is 17.3 Å². The van der Waals surface area contributed by atoms with Gasteiger partial charge in [0.15, 0.2) is 0 Å². The van der Waals surface area contributed by atoms with Gasteiger partial charge in [-0.1, -0.05) is 76.6 Å². The molecule has 0 radical (unpaired) electrons. The van der Waals surface area contributed by atoms with E-state index in [9.17, 15) is 0 Å². The highest BCUT2D eigenvalue weighted by Crippen LogP contribution is 2.43. The molecule has 3 rings (SSSR count). The zero-order chi connectivity index (χ0) is 19.7. The number of hydrogen-bond acceptors (Lipinski definition) is 1. The van der Waals surface area contributed by atoms with Gasteiger partial charge in [0.1, 0.15) is 0 Å². The number of hydrogen-bond donors (Lipinski definition) is 1. The van der Waals surface area contributed by atoms with Crippen molar-refractivity contribution in [2.24, 2.45) is 22.7 Å². The molecule has 0 amide bonds. The molecule has 1 nitrogen and oxygen atoms in total. The van der Waals surface area contributed by atoms with Crippen LogP contribution in [0.15, 0.2) is 71.1 Å². The van der Waals surface area contributed by atoms with Gasteiger partial charge in [0.05, 0.1) is 0 Å². The maximum absolute atomic E-state index is 3.75. The summed E-state index contributed by atoms with van der Waals surface area (Å²) in [6.07, 6.45) is 23.1. The molecule has 0 spiro atoms. The monoisotopic (exact) mass is 363 g/mol. The van der Waals surface area contributed by atoms with E-state index in [4.69, 9.17) is 0 Å². The topological polar surface area (TPSA) is 12.0 Å². The van der Waals surface area contributed by atoms with Gasteiger partial charge >= 0.3 is 0 Å². The van der Waals surface area contributed by atoms with Gasteiger partial charge < -0.3 is 5.32 Å². The molecule has 0 aromatic heterocycles. The van der Waals surface area contributed by atoms with Crippen LogP contribution in [0.4, 0.5) is 0 Å². The SMILES string of the molecule is CC1=C(NC2=CC=CC(C(C)(C)C3=CC=CCC3)C2)C=CC(C(C)(C)C)C1. The van der Waals surface area contributed by atoms with E-state index in [1.807, 2.05) is 0 Å². The molecule has 0 saturated carbocycles. The molecule has 0 aliphatic heterocycles. The van der Waals surface area contributed by atoms with Crippen LogP contribution in [0.1, 0.15) is 67.2 Å². The van der Waals surface area contributed by atoms with E-state index in [0.717, 1.165) is 12.8 Å². The molecule has 1 heteroatoms. The van der Waals surface area contributed by atoms with Gasteiger partial charge in [-0.05, 0) is 73.0 Å². The molecule has 0 aromatic carbocycles. The molecule has 0 aromatic rings. The molecule has 0 fully saturated rings. The molecule has 1 N–H and O–H groups in total. The molecular weight excluding hydrogens is 326 g/mol. The van der Waals surface area contributed by atoms with Crippen LogP contribution in [-0.2, 0) is 0 Å². The molecule has 27 heavy (non-hydrogen) atoms. The van der Waals surface area contributed by atoms with Crippen molar-refractivity contribution in [2.75, 3.05) is 0 Å². The first-order valence-corrected chi connectivity index (χ1v) is 10.6. The average molecular weight is 364 g/mol. The summed E-state index contributed by atoms with van der Waals surface area (Å²) in [5, 5.41) is 3.75. The van der Waals surface area contributed by atoms with E-state index in [1.165, 1.54) is 29.8 Å². The summed E-state index contributed by atoms with van der Waals surface area (Å²) in [4.78, 5) is 0. The fourth-order valence-corrected chi connectivity index (χ4v) is 4.42. The Balaban J connectivity index is 1.68. The Hall–Kier alpha value is -1.76. The lowest BCUT2D eigenvalue weighted by Gasteiger charge is -2.38. The van der Waals surface area contributed by atoms with Crippen LogP contribution < -0.4 is 5.32 Å². The van der Waals surface area contributed by atoms with Gasteiger partial charge in [-0.15, -0.1) is 0 Å². The third-order valence-corrected chi connectivity index (χ3v) is 6.74. The first-order chi connectivity index (χ1) is 12.7. The smallest absolute Gasteiger partial charge is 0.0368 e. The molecule has 0 bridgehead atoms. The number of allylic oxidation sites excluding steroid dienone is 11. The normalized spacial score (nSPS) is 26.1. The third-order valence-electron chi connectivity index (χ3n) is 6.74. The van der Waals surface area contributed by atoms with Crippen molar-refractivity contribution >= 4 is 0 Å². The second-order valence-electron chi connectivity index (χ2n) is 10.1. The Morgan fingerprint density at radius 1 is 0.926 bits per heavy atom. The second-order valence-corrected chi connectivity index (χ2v) is 10.1. The lowest BCUT2D eigenvalue weighted by Crippen LogP contribution is -2.30. The van der Waals surface area contributed by atoms with Crippen molar-refractivity contribution in [3.63, 3.8) is 0 Å². The average Bonchev–Trinajstić information content (AvgIpc) is 2.63. The maximum Gasteiger partial charge on any atom is 0.0368 e. The van der Waals surface area contributed by atoms with Crippen molar-refractivity contribution in [3.8, 4) is 0 Å². The number of nitrogens with one attached hydrogen (secondary N) is 1. The van der Waals surface area contributed by atoms with Gasteiger partial charge in [0, 0.05) is 11.4 Å². The molecule has 3 aliphatic carbocycles. The molecule has 2 unspecified atom stereocenters. The molecule has 146 valence electrons. The predicted molar refractivity (Wildman–Crippen MR) is 118 cm³/mol. The number of rotatable bonds is 4. The van der Waals surface area contributed by atoms with Gasteiger partial charge in [-0.2, -0.15) is 0 Å². The molecular formula is C26H37N. The second kappa shape index (κ2) is 7.70. The molecule has 0 saturated heterocycles. The van der Waals surface area contributed by atoms with Gasteiger partial charge in [-0.3, -0.25) is 0 Å². The lowest BCUT2D eigenvalue weighted by atomic mass is 9.68. The van der Waals surface area contributed by atoms with E-state index in [-0.39, 0.29) is 5.41 Å². The summed E-state index contributed by atoms with van der Waals surface area (Å²) in [7, 11) is 0. The lowest BCUT2D eigenvalue weighted by molar-refractivity contribution is 0.287. The Bertz CT molecular complexity index is 744. The van der Waals surface area contributed by atoms with Gasteiger partial charge in [-0.25, -0.2) is 0 Å². The first-order valence-electron chi connectivity index (χ1n) is 10.6. The Labute approximate surface area is 166 Å². The minimum Gasteiger partial charge on any atom is -0.359 e. The third kappa shape index (κ3) is 4.57. The Morgan fingerprint density at radius 3 is 2.33 bits per heavy atom. The highest BCUT2D eigenvalue weighted by atomic mass is 14.9. The van der Waals surface area contributed by atoms with Crippen molar-refractivity contribution in [1.82, 2.24) is 5.32 Å². The van der Waals surface area contributed by atoms with Crippen LogP contribution in [0, 0.1) is 22.7 Å². The van der Waals surface area contributed by atoms with Crippen molar-refractivity contribution in [3.05, 3.63) is 71.1 Å². The van der Waals surface area contributed by atoms with Crippen LogP contribution >= 0.6 is 0 Å². The summed E-state index contributed by atoms with van der Waals surface area (Å²) in [6.45, 7) is 14.1. The van der Waals surface area contributed by atoms with Gasteiger partial charge in [0.25, 0.3) is 0 Å². The van der Waals surface area contributed by atoms with Crippen LogP contribution in [0.3, 0.4) is 0 Å². The van der Waals surface area contributed by atoms with Crippen LogP contribution in [-0.4, -0.2) is 0 Å². The predicted octanol–water partition coefficient (Wildman–Crippen LogP) is 7.23. The zero-order valence-electron chi connectivity index (χ0n) is 18.1. The minimum atomic E-state index is 0.200. The van der Waals surface area contributed by atoms with E-state index >= 15 is 0 Å². The van der Waals surface area contributed by atoms with Crippen LogP contribution in [0.2, 0.25) is 0 Å². The van der Waals surface area contributed by atoms with Crippen LogP contribution in [0.25, 0.3) is 0 Å². The van der Waals surface area contributed by atoms with E-state index in [2.05, 4.69) is 95.5 Å².